The van der Waals surface area contributed by atoms with E-state index in [2.05, 4.69) is 15.3 Å². The van der Waals surface area contributed by atoms with Crippen molar-refractivity contribution in [1.82, 2.24) is 19.8 Å². The molecule has 2 aromatic heterocycles. The van der Waals surface area contributed by atoms with Gasteiger partial charge in [0.25, 0.3) is 0 Å². The molecule has 0 atom stereocenters. The summed E-state index contributed by atoms with van der Waals surface area (Å²) in [4.78, 5) is 2.05. The summed E-state index contributed by atoms with van der Waals surface area (Å²) >= 11 is 0. The van der Waals surface area contributed by atoms with Crippen LogP contribution < -0.4 is 4.90 Å². The molecule has 1 saturated heterocycles. The van der Waals surface area contributed by atoms with Crippen LogP contribution in [-0.4, -0.2) is 51.8 Å². The molecule has 114 valence electrons. The van der Waals surface area contributed by atoms with Crippen LogP contribution in [0.25, 0.3) is 5.65 Å². The second-order valence-corrected chi connectivity index (χ2v) is 7.96. The quantitative estimate of drug-likeness (QED) is 0.838. The Hall–Kier alpha value is -1.70. The van der Waals surface area contributed by atoms with Crippen molar-refractivity contribution < 1.29 is 8.42 Å². The first-order valence-electron chi connectivity index (χ1n) is 7.15. The third kappa shape index (κ3) is 2.17. The molecular formula is C13H19N5O2S. The lowest BCUT2D eigenvalue weighted by Gasteiger charge is -2.41. The lowest BCUT2D eigenvalue weighted by atomic mass is 10.0. The van der Waals surface area contributed by atoms with Crippen molar-refractivity contribution in [3.63, 3.8) is 0 Å². The van der Waals surface area contributed by atoms with E-state index in [4.69, 9.17) is 0 Å². The molecule has 0 unspecified atom stereocenters. The first kappa shape index (κ1) is 14.2. The smallest absolute Gasteiger partial charge is 0.177 e. The summed E-state index contributed by atoms with van der Waals surface area (Å²) in [7, 11) is -3.06. The SMILES string of the molecule is CCC1(CC)CN(c2ccc3nncn3n2)CCS1(=O)=O. The van der Waals surface area contributed by atoms with Crippen LogP contribution in [0.2, 0.25) is 0 Å². The molecular weight excluding hydrogens is 290 g/mol. The van der Waals surface area contributed by atoms with E-state index in [1.54, 1.807) is 10.8 Å². The van der Waals surface area contributed by atoms with E-state index < -0.39 is 14.6 Å². The van der Waals surface area contributed by atoms with Gasteiger partial charge in [-0.3, -0.25) is 0 Å². The zero-order valence-corrected chi connectivity index (χ0v) is 13.0. The van der Waals surface area contributed by atoms with Gasteiger partial charge in [0.2, 0.25) is 0 Å². The van der Waals surface area contributed by atoms with Gasteiger partial charge in [0.05, 0.1) is 10.5 Å². The molecule has 1 fully saturated rings. The van der Waals surface area contributed by atoms with Crippen molar-refractivity contribution in [2.24, 2.45) is 0 Å². The van der Waals surface area contributed by atoms with Crippen LogP contribution >= 0.6 is 0 Å². The zero-order valence-electron chi connectivity index (χ0n) is 12.2. The van der Waals surface area contributed by atoms with Crippen molar-refractivity contribution >= 4 is 21.3 Å². The Morgan fingerprint density at radius 2 is 2.05 bits per heavy atom. The summed E-state index contributed by atoms with van der Waals surface area (Å²) in [5, 5.41) is 12.2. The van der Waals surface area contributed by atoms with E-state index in [9.17, 15) is 8.42 Å². The summed E-state index contributed by atoms with van der Waals surface area (Å²) in [5.74, 6) is 0.944. The summed E-state index contributed by atoms with van der Waals surface area (Å²) in [6.07, 6.45) is 2.79. The minimum atomic E-state index is -3.06. The maximum atomic E-state index is 12.4. The average molecular weight is 309 g/mol. The molecule has 3 heterocycles. The van der Waals surface area contributed by atoms with Crippen molar-refractivity contribution in [3.05, 3.63) is 18.5 Å². The van der Waals surface area contributed by atoms with Crippen molar-refractivity contribution in [3.8, 4) is 0 Å². The van der Waals surface area contributed by atoms with E-state index in [1.165, 1.54) is 0 Å². The van der Waals surface area contributed by atoms with E-state index in [-0.39, 0.29) is 5.75 Å². The number of hydrogen-bond donors (Lipinski definition) is 0. The highest BCUT2D eigenvalue weighted by molar-refractivity contribution is 7.92. The first-order chi connectivity index (χ1) is 10.0. The molecule has 0 spiro atoms. The molecule has 0 bridgehead atoms. The molecule has 0 amide bonds. The van der Waals surface area contributed by atoms with Crippen LogP contribution in [0.3, 0.4) is 0 Å². The highest BCUT2D eigenvalue weighted by Crippen LogP contribution is 2.33. The molecule has 3 rings (SSSR count). The molecule has 0 radical (unpaired) electrons. The van der Waals surface area contributed by atoms with Gasteiger partial charge in [-0.2, -0.15) is 4.52 Å². The Labute approximate surface area is 123 Å². The Balaban J connectivity index is 1.96. The van der Waals surface area contributed by atoms with Gasteiger partial charge >= 0.3 is 0 Å². The van der Waals surface area contributed by atoms with Crippen LogP contribution in [0.1, 0.15) is 26.7 Å². The van der Waals surface area contributed by atoms with E-state index in [0.717, 1.165) is 5.82 Å². The Morgan fingerprint density at radius 3 is 2.76 bits per heavy atom. The molecule has 1 aliphatic rings. The third-order valence-corrected chi connectivity index (χ3v) is 7.27. The lowest BCUT2D eigenvalue weighted by Crippen LogP contribution is -2.56. The zero-order chi connectivity index (χ0) is 15.1. The van der Waals surface area contributed by atoms with Crippen LogP contribution in [-0.2, 0) is 9.84 Å². The summed E-state index contributed by atoms with van der Waals surface area (Å²) in [5.41, 5.74) is 0.681. The molecule has 2 aromatic rings. The fourth-order valence-corrected chi connectivity index (χ4v) is 5.09. The van der Waals surface area contributed by atoms with Gasteiger partial charge in [-0.15, -0.1) is 15.3 Å². The number of anilines is 1. The summed E-state index contributed by atoms with van der Waals surface area (Å²) in [6, 6.07) is 3.72. The topological polar surface area (TPSA) is 80.5 Å². The minimum Gasteiger partial charge on any atom is -0.353 e. The highest BCUT2D eigenvalue weighted by Gasteiger charge is 2.45. The Morgan fingerprint density at radius 1 is 1.29 bits per heavy atom. The van der Waals surface area contributed by atoms with Gasteiger partial charge in [-0.25, -0.2) is 8.42 Å². The van der Waals surface area contributed by atoms with Crippen LogP contribution in [0, 0.1) is 0 Å². The summed E-state index contributed by atoms with van der Waals surface area (Å²) < 4.78 is 25.8. The Kier molecular flexibility index (Phi) is 3.35. The largest absolute Gasteiger partial charge is 0.353 e. The van der Waals surface area contributed by atoms with Gasteiger partial charge in [0, 0.05) is 13.1 Å². The molecule has 1 aliphatic heterocycles. The maximum absolute atomic E-state index is 12.4. The van der Waals surface area contributed by atoms with Gasteiger partial charge in [-0.05, 0) is 25.0 Å². The first-order valence-corrected chi connectivity index (χ1v) is 8.81. The van der Waals surface area contributed by atoms with Gasteiger partial charge in [0.15, 0.2) is 15.5 Å². The normalized spacial score (nSPS) is 20.8. The molecule has 0 aliphatic carbocycles. The molecule has 21 heavy (non-hydrogen) atoms. The fourth-order valence-electron chi connectivity index (χ4n) is 2.97. The van der Waals surface area contributed by atoms with E-state index >= 15 is 0 Å². The number of rotatable bonds is 3. The number of aromatic nitrogens is 4. The number of fused-ring (bicyclic) bond motifs is 1. The third-order valence-electron chi connectivity index (χ3n) is 4.53. The second-order valence-electron chi connectivity index (χ2n) is 5.46. The fraction of sp³-hybridized carbons (Fsp3) is 0.615. The minimum absolute atomic E-state index is 0.177. The predicted octanol–water partition coefficient (Wildman–Crippen LogP) is 0.918. The van der Waals surface area contributed by atoms with Crippen molar-refractivity contribution in [1.29, 1.82) is 0 Å². The van der Waals surface area contributed by atoms with Gasteiger partial charge in [-0.1, -0.05) is 13.8 Å². The standard InChI is InChI=1S/C13H19N5O2S/c1-3-13(4-2)9-17(7-8-21(13,19)20)12-6-5-11-15-14-10-18(11)16-12/h5-6,10H,3-4,7-9H2,1-2H3. The van der Waals surface area contributed by atoms with Crippen molar-refractivity contribution in [2.45, 2.75) is 31.4 Å². The molecule has 0 N–H and O–H groups in total. The summed E-state index contributed by atoms with van der Waals surface area (Å²) in [6.45, 7) is 4.86. The maximum Gasteiger partial charge on any atom is 0.177 e. The molecule has 0 aromatic carbocycles. The van der Waals surface area contributed by atoms with Crippen LogP contribution in [0.4, 0.5) is 5.82 Å². The van der Waals surface area contributed by atoms with Crippen molar-refractivity contribution in [2.75, 3.05) is 23.7 Å². The second kappa shape index (κ2) is 4.94. The highest BCUT2D eigenvalue weighted by atomic mass is 32.2. The molecule has 0 saturated carbocycles. The monoisotopic (exact) mass is 309 g/mol. The average Bonchev–Trinajstić information content (AvgIpc) is 2.95. The van der Waals surface area contributed by atoms with Gasteiger partial charge < -0.3 is 4.90 Å². The van der Waals surface area contributed by atoms with E-state index in [1.807, 2.05) is 30.9 Å². The predicted molar refractivity (Wildman–Crippen MR) is 80.1 cm³/mol. The number of hydrogen-bond acceptors (Lipinski definition) is 6. The molecule has 7 nitrogen and oxygen atoms in total. The Bertz CT molecular complexity index is 751. The van der Waals surface area contributed by atoms with E-state index in [0.29, 0.717) is 31.6 Å². The van der Waals surface area contributed by atoms with Gasteiger partial charge in [0.1, 0.15) is 12.1 Å². The number of sulfone groups is 1. The van der Waals surface area contributed by atoms with Crippen LogP contribution in [0.5, 0.6) is 0 Å². The molecule has 8 heteroatoms. The number of nitrogens with zero attached hydrogens (tertiary/aromatic N) is 5. The van der Waals surface area contributed by atoms with Crippen LogP contribution in [0.15, 0.2) is 18.5 Å². The lowest BCUT2D eigenvalue weighted by molar-refractivity contribution is 0.457.